The number of nitrogens with zero attached hydrogens (tertiary/aromatic N) is 1. The molecular weight excluding hydrogens is 359 g/mol. The number of hydrogen-bond acceptors (Lipinski definition) is 3. The molecule has 1 heterocycles. The van der Waals surface area contributed by atoms with Gasteiger partial charge in [0.25, 0.3) is 5.91 Å². The van der Waals surface area contributed by atoms with Crippen molar-refractivity contribution in [1.82, 2.24) is 0 Å². The molecule has 8 heteroatoms. The van der Waals surface area contributed by atoms with Gasteiger partial charge < -0.3 is 5.11 Å². The number of carbonyl (C=O) groups is 2. The van der Waals surface area contributed by atoms with Crippen LogP contribution in [0.4, 0.5) is 18.9 Å². The maximum absolute atomic E-state index is 13.0. The van der Waals surface area contributed by atoms with Gasteiger partial charge in [-0.1, -0.05) is 41.9 Å². The average Bonchev–Trinajstić information content (AvgIpc) is 2.78. The van der Waals surface area contributed by atoms with Gasteiger partial charge in [-0.15, -0.1) is 0 Å². The molecule has 1 N–H and O–H groups in total. The van der Waals surface area contributed by atoms with Crippen molar-refractivity contribution in [2.24, 2.45) is 0 Å². The van der Waals surface area contributed by atoms with Gasteiger partial charge in [0.15, 0.2) is 5.76 Å². The Hall–Kier alpha value is -2.80. The van der Waals surface area contributed by atoms with Crippen LogP contribution in [0, 0.1) is 0 Å². The third kappa shape index (κ3) is 2.87. The molecule has 0 saturated carbocycles. The normalized spacial score (nSPS) is 15.3. The molecule has 1 aliphatic heterocycles. The zero-order chi connectivity index (χ0) is 18.4. The number of alkyl halides is 3. The summed E-state index contributed by atoms with van der Waals surface area (Å²) in [5.74, 6) is -2.83. The van der Waals surface area contributed by atoms with E-state index in [1.165, 1.54) is 12.1 Å². The minimum absolute atomic E-state index is 0.269. The number of halogens is 4. The van der Waals surface area contributed by atoms with E-state index in [1.54, 1.807) is 18.2 Å². The molecule has 0 unspecified atom stereocenters. The molecule has 0 radical (unpaired) electrons. The zero-order valence-corrected chi connectivity index (χ0v) is 13.1. The van der Waals surface area contributed by atoms with Crippen LogP contribution in [0.25, 0.3) is 5.57 Å². The van der Waals surface area contributed by atoms with Crippen molar-refractivity contribution in [2.75, 3.05) is 4.90 Å². The predicted molar refractivity (Wildman–Crippen MR) is 84.9 cm³/mol. The van der Waals surface area contributed by atoms with Gasteiger partial charge in [0.1, 0.15) is 0 Å². The second-order valence-corrected chi connectivity index (χ2v) is 5.60. The summed E-state index contributed by atoms with van der Waals surface area (Å²) in [4.78, 5) is 25.3. The van der Waals surface area contributed by atoms with Crippen LogP contribution in [0.5, 0.6) is 0 Å². The summed E-state index contributed by atoms with van der Waals surface area (Å²) in [6, 6.07) is 10.5. The summed E-state index contributed by atoms with van der Waals surface area (Å²) in [5, 5.41) is 9.46. The summed E-state index contributed by atoms with van der Waals surface area (Å²) >= 11 is 5.55. The fraction of sp³-hybridized carbons (Fsp3) is 0.0588. The number of carbonyl (C=O) groups excluding carboxylic acids is 2. The van der Waals surface area contributed by atoms with Crippen LogP contribution in [0.1, 0.15) is 11.1 Å². The van der Waals surface area contributed by atoms with Crippen molar-refractivity contribution in [3.05, 3.63) is 70.4 Å². The van der Waals surface area contributed by atoms with E-state index in [0.29, 0.717) is 11.0 Å². The van der Waals surface area contributed by atoms with Crippen molar-refractivity contribution in [1.29, 1.82) is 0 Å². The number of benzene rings is 2. The van der Waals surface area contributed by atoms with E-state index < -0.39 is 34.3 Å². The van der Waals surface area contributed by atoms with Crippen LogP contribution < -0.4 is 4.90 Å². The van der Waals surface area contributed by atoms with Crippen LogP contribution in [0.2, 0.25) is 5.02 Å². The second kappa shape index (κ2) is 5.93. The monoisotopic (exact) mass is 367 g/mol. The van der Waals surface area contributed by atoms with Gasteiger partial charge in [-0.25, -0.2) is 4.90 Å². The molecule has 0 aliphatic carbocycles. The number of hydrogen-bond donors (Lipinski definition) is 1. The van der Waals surface area contributed by atoms with E-state index in [1.807, 2.05) is 0 Å². The Morgan fingerprint density at radius 2 is 1.60 bits per heavy atom. The molecule has 2 aromatic rings. The van der Waals surface area contributed by atoms with Crippen LogP contribution in [0.3, 0.4) is 0 Å². The molecule has 2 aromatic carbocycles. The Kier molecular flexibility index (Phi) is 4.04. The zero-order valence-electron chi connectivity index (χ0n) is 12.3. The Balaban J connectivity index is 2.07. The molecule has 128 valence electrons. The molecule has 0 bridgehead atoms. The van der Waals surface area contributed by atoms with Gasteiger partial charge in [0, 0.05) is 0 Å². The lowest BCUT2D eigenvalue weighted by Gasteiger charge is -2.17. The number of aliphatic hydroxyl groups excluding tert-OH is 1. The van der Waals surface area contributed by atoms with E-state index in [-0.39, 0.29) is 16.8 Å². The van der Waals surface area contributed by atoms with Crippen LogP contribution in [-0.2, 0) is 15.8 Å². The minimum Gasteiger partial charge on any atom is -0.502 e. The maximum atomic E-state index is 13.0. The lowest BCUT2D eigenvalue weighted by atomic mass is 10.1. The highest BCUT2D eigenvalue weighted by Gasteiger charge is 2.41. The topological polar surface area (TPSA) is 57.6 Å². The highest BCUT2D eigenvalue weighted by atomic mass is 35.5. The van der Waals surface area contributed by atoms with E-state index in [9.17, 15) is 27.9 Å². The molecule has 3 rings (SSSR count). The van der Waals surface area contributed by atoms with Gasteiger partial charge in [0.2, 0.25) is 0 Å². The second-order valence-electron chi connectivity index (χ2n) is 5.20. The first-order valence-corrected chi connectivity index (χ1v) is 7.34. The van der Waals surface area contributed by atoms with Crippen molar-refractivity contribution < 1.29 is 27.9 Å². The Labute approximate surface area is 144 Å². The molecule has 0 atom stereocenters. The highest BCUT2D eigenvalue weighted by Crippen LogP contribution is 2.39. The lowest BCUT2D eigenvalue weighted by molar-refractivity contribution is -0.137. The summed E-state index contributed by atoms with van der Waals surface area (Å²) in [5.41, 5.74) is -1.50. The first-order valence-electron chi connectivity index (χ1n) is 6.96. The van der Waals surface area contributed by atoms with Crippen LogP contribution in [-0.4, -0.2) is 16.9 Å². The Morgan fingerprint density at radius 1 is 0.960 bits per heavy atom. The number of rotatable bonds is 2. The number of amides is 2. The molecule has 2 amide bonds. The first kappa shape index (κ1) is 17.0. The summed E-state index contributed by atoms with van der Waals surface area (Å²) in [6.45, 7) is 0. The fourth-order valence-corrected chi connectivity index (χ4v) is 2.71. The third-order valence-corrected chi connectivity index (χ3v) is 3.97. The van der Waals surface area contributed by atoms with Gasteiger partial charge in [-0.05, 0) is 23.8 Å². The lowest BCUT2D eigenvalue weighted by Crippen LogP contribution is -2.31. The highest BCUT2D eigenvalue weighted by molar-refractivity contribution is 6.45. The number of anilines is 1. The summed E-state index contributed by atoms with van der Waals surface area (Å²) < 4.78 is 39.0. The average molecular weight is 368 g/mol. The van der Waals surface area contributed by atoms with Crippen molar-refractivity contribution in [3.63, 3.8) is 0 Å². The van der Waals surface area contributed by atoms with Gasteiger partial charge in [-0.3, -0.25) is 9.59 Å². The van der Waals surface area contributed by atoms with Gasteiger partial charge in [-0.2, -0.15) is 13.2 Å². The van der Waals surface area contributed by atoms with E-state index in [4.69, 9.17) is 11.6 Å². The first-order chi connectivity index (χ1) is 11.7. The molecule has 0 spiro atoms. The third-order valence-electron chi connectivity index (χ3n) is 3.64. The summed E-state index contributed by atoms with van der Waals surface area (Å²) in [7, 11) is 0. The van der Waals surface area contributed by atoms with E-state index in [2.05, 4.69) is 0 Å². The molecule has 25 heavy (non-hydrogen) atoms. The summed E-state index contributed by atoms with van der Waals surface area (Å²) in [6.07, 6.45) is -4.75. The van der Waals surface area contributed by atoms with Crippen LogP contribution >= 0.6 is 11.6 Å². The van der Waals surface area contributed by atoms with Crippen molar-refractivity contribution in [3.8, 4) is 0 Å². The van der Waals surface area contributed by atoms with Crippen LogP contribution in [0.15, 0.2) is 54.3 Å². The standard InChI is InChI=1S/C17H9ClF3NO3/c18-12-7-6-10(8-11(12)17(19,20)21)22-15(24)13(14(23)16(22)25)9-4-2-1-3-5-9/h1-8,23H. The molecule has 0 saturated heterocycles. The van der Waals surface area contributed by atoms with Crippen molar-refractivity contribution in [2.45, 2.75) is 6.18 Å². The van der Waals surface area contributed by atoms with Crippen molar-refractivity contribution >= 4 is 34.7 Å². The van der Waals surface area contributed by atoms with E-state index >= 15 is 0 Å². The number of imide groups is 1. The molecule has 1 aliphatic rings. The molecular formula is C17H9ClF3NO3. The largest absolute Gasteiger partial charge is 0.502 e. The van der Waals surface area contributed by atoms with Gasteiger partial charge in [0.05, 0.1) is 21.8 Å². The quantitative estimate of drug-likeness (QED) is 0.809. The Morgan fingerprint density at radius 3 is 2.20 bits per heavy atom. The van der Waals surface area contributed by atoms with E-state index in [0.717, 1.165) is 12.1 Å². The minimum atomic E-state index is -4.75. The molecule has 4 nitrogen and oxygen atoms in total. The molecule has 0 fully saturated rings. The predicted octanol–water partition coefficient (Wildman–Crippen LogP) is 4.20. The SMILES string of the molecule is O=C1C(O)=C(c2ccccc2)C(=O)N1c1ccc(Cl)c(C(F)(F)F)c1. The number of aliphatic hydroxyl groups is 1. The molecule has 0 aromatic heterocycles. The fourth-order valence-electron chi connectivity index (χ4n) is 2.49. The Bertz CT molecular complexity index is 907. The smallest absolute Gasteiger partial charge is 0.417 e. The maximum Gasteiger partial charge on any atom is 0.417 e. The van der Waals surface area contributed by atoms with Gasteiger partial charge >= 0.3 is 12.1 Å².